The van der Waals surface area contributed by atoms with Gasteiger partial charge in [-0.1, -0.05) is 26.7 Å². The van der Waals surface area contributed by atoms with Crippen LogP contribution in [0.4, 0.5) is 0 Å². The van der Waals surface area contributed by atoms with Crippen LogP contribution in [0.15, 0.2) is 0 Å². The maximum Gasteiger partial charge on any atom is 0.109 e. The summed E-state index contributed by atoms with van der Waals surface area (Å²) in [5.41, 5.74) is -0.575. The van der Waals surface area contributed by atoms with Crippen molar-refractivity contribution < 1.29 is 9.84 Å². The molecule has 2 atom stereocenters. The fourth-order valence-corrected chi connectivity index (χ4v) is 1.44. The standard InChI is InChI=1S/C10H20O2/c1-8(2)5-4-6-10(3,11)9-7-12-9/h8-9,11H,4-7H2,1-3H3/t9?,10-/m0/s1. The van der Waals surface area contributed by atoms with E-state index in [2.05, 4.69) is 13.8 Å². The van der Waals surface area contributed by atoms with Crippen LogP contribution in [0.2, 0.25) is 0 Å². The van der Waals surface area contributed by atoms with Crippen molar-refractivity contribution in [2.24, 2.45) is 5.92 Å². The van der Waals surface area contributed by atoms with E-state index in [-0.39, 0.29) is 6.10 Å². The smallest absolute Gasteiger partial charge is 0.109 e. The normalized spacial score (nSPS) is 27.2. The van der Waals surface area contributed by atoms with Gasteiger partial charge in [0.25, 0.3) is 0 Å². The second-order valence-corrected chi connectivity index (χ2v) is 4.47. The first kappa shape index (κ1) is 10.0. The van der Waals surface area contributed by atoms with Crippen LogP contribution < -0.4 is 0 Å². The summed E-state index contributed by atoms with van der Waals surface area (Å²) >= 11 is 0. The Hall–Kier alpha value is -0.0800. The molecule has 0 bridgehead atoms. The van der Waals surface area contributed by atoms with E-state index in [1.807, 2.05) is 6.92 Å². The summed E-state index contributed by atoms with van der Waals surface area (Å²) in [6, 6.07) is 0. The van der Waals surface area contributed by atoms with Gasteiger partial charge in [-0.2, -0.15) is 0 Å². The fourth-order valence-electron chi connectivity index (χ4n) is 1.44. The minimum Gasteiger partial charge on any atom is -0.387 e. The van der Waals surface area contributed by atoms with Crippen molar-refractivity contribution in [3.05, 3.63) is 0 Å². The lowest BCUT2D eigenvalue weighted by Crippen LogP contribution is -2.31. The van der Waals surface area contributed by atoms with Gasteiger partial charge in [0.05, 0.1) is 12.2 Å². The summed E-state index contributed by atoms with van der Waals surface area (Å²) in [4.78, 5) is 0. The van der Waals surface area contributed by atoms with Crippen molar-refractivity contribution in [2.75, 3.05) is 6.61 Å². The molecular weight excluding hydrogens is 152 g/mol. The third-order valence-corrected chi connectivity index (χ3v) is 2.49. The van der Waals surface area contributed by atoms with Crippen molar-refractivity contribution in [3.8, 4) is 0 Å². The number of epoxide rings is 1. The summed E-state index contributed by atoms with van der Waals surface area (Å²) in [6.45, 7) is 7.05. The summed E-state index contributed by atoms with van der Waals surface area (Å²) in [6.07, 6.45) is 3.29. The van der Waals surface area contributed by atoms with Crippen LogP contribution in [0.5, 0.6) is 0 Å². The Bertz CT molecular complexity index is 137. The molecule has 0 amide bonds. The van der Waals surface area contributed by atoms with Crippen molar-refractivity contribution in [2.45, 2.75) is 51.7 Å². The molecule has 1 aliphatic heterocycles. The molecule has 12 heavy (non-hydrogen) atoms. The van der Waals surface area contributed by atoms with Gasteiger partial charge in [0.2, 0.25) is 0 Å². The Balaban J connectivity index is 2.12. The number of hydrogen-bond donors (Lipinski definition) is 1. The molecule has 1 N–H and O–H groups in total. The van der Waals surface area contributed by atoms with Gasteiger partial charge in [-0.15, -0.1) is 0 Å². The van der Waals surface area contributed by atoms with Gasteiger partial charge < -0.3 is 9.84 Å². The predicted molar refractivity (Wildman–Crippen MR) is 49.1 cm³/mol. The van der Waals surface area contributed by atoms with E-state index in [0.717, 1.165) is 25.4 Å². The zero-order valence-corrected chi connectivity index (χ0v) is 8.34. The van der Waals surface area contributed by atoms with Gasteiger partial charge in [-0.05, 0) is 19.3 Å². The van der Waals surface area contributed by atoms with E-state index in [4.69, 9.17) is 4.74 Å². The topological polar surface area (TPSA) is 32.8 Å². The largest absolute Gasteiger partial charge is 0.387 e. The number of ether oxygens (including phenoxy) is 1. The van der Waals surface area contributed by atoms with Crippen LogP contribution in [-0.2, 0) is 4.74 Å². The molecule has 0 spiro atoms. The molecule has 1 fully saturated rings. The van der Waals surface area contributed by atoms with Crippen LogP contribution in [0, 0.1) is 5.92 Å². The van der Waals surface area contributed by atoms with Crippen LogP contribution >= 0.6 is 0 Å². The van der Waals surface area contributed by atoms with E-state index in [0.29, 0.717) is 0 Å². The molecule has 0 aromatic rings. The minimum atomic E-state index is -0.575. The maximum atomic E-state index is 9.84. The molecule has 0 aromatic heterocycles. The fraction of sp³-hybridized carbons (Fsp3) is 1.00. The first-order chi connectivity index (χ1) is 5.52. The highest BCUT2D eigenvalue weighted by atomic mass is 16.6. The molecule has 1 unspecified atom stereocenters. The SMILES string of the molecule is CC(C)CCC[C@](C)(O)C1CO1. The molecule has 0 aromatic carbocycles. The third-order valence-electron chi connectivity index (χ3n) is 2.49. The lowest BCUT2D eigenvalue weighted by atomic mass is 9.93. The highest BCUT2D eigenvalue weighted by Crippen LogP contribution is 2.29. The quantitative estimate of drug-likeness (QED) is 0.643. The Morgan fingerprint density at radius 3 is 2.58 bits per heavy atom. The molecule has 72 valence electrons. The average molecular weight is 172 g/mol. The lowest BCUT2D eigenvalue weighted by Gasteiger charge is -2.20. The van der Waals surface area contributed by atoms with Gasteiger partial charge >= 0.3 is 0 Å². The van der Waals surface area contributed by atoms with E-state index >= 15 is 0 Å². The Morgan fingerprint density at radius 1 is 1.58 bits per heavy atom. The summed E-state index contributed by atoms with van der Waals surface area (Å²) in [7, 11) is 0. The van der Waals surface area contributed by atoms with Crippen LogP contribution in [0.3, 0.4) is 0 Å². The van der Waals surface area contributed by atoms with Gasteiger partial charge in [-0.3, -0.25) is 0 Å². The van der Waals surface area contributed by atoms with E-state index in [1.165, 1.54) is 6.42 Å². The Kier molecular flexibility index (Phi) is 3.13. The summed E-state index contributed by atoms with van der Waals surface area (Å²) < 4.78 is 5.08. The first-order valence-electron chi connectivity index (χ1n) is 4.86. The second-order valence-electron chi connectivity index (χ2n) is 4.47. The van der Waals surface area contributed by atoms with Crippen LogP contribution in [0.1, 0.15) is 40.0 Å². The van der Waals surface area contributed by atoms with Crippen LogP contribution in [-0.4, -0.2) is 23.4 Å². The van der Waals surface area contributed by atoms with Gasteiger partial charge in [0, 0.05) is 0 Å². The number of aliphatic hydroxyl groups is 1. The average Bonchev–Trinajstić information content (AvgIpc) is 2.65. The molecule has 0 aliphatic carbocycles. The molecule has 1 saturated heterocycles. The molecule has 1 heterocycles. The highest BCUT2D eigenvalue weighted by molar-refractivity contribution is 4.90. The minimum absolute atomic E-state index is 0.115. The van der Waals surface area contributed by atoms with Gasteiger partial charge in [0.1, 0.15) is 6.10 Å². The van der Waals surface area contributed by atoms with Gasteiger partial charge in [-0.25, -0.2) is 0 Å². The molecule has 0 saturated carbocycles. The maximum absolute atomic E-state index is 9.84. The summed E-state index contributed by atoms with van der Waals surface area (Å²) in [5, 5.41) is 9.84. The molecule has 1 aliphatic rings. The second kappa shape index (κ2) is 3.75. The molecule has 0 radical (unpaired) electrons. The number of hydrogen-bond acceptors (Lipinski definition) is 2. The van der Waals surface area contributed by atoms with Crippen LogP contribution in [0.25, 0.3) is 0 Å². The zero-order valence-electron chi connectivity index (χ0n) is 8.34. The van der Waals surface area contributed by atoms with E-state index in [9.17, 15) is 5.11 Å². The number of rotatable bonds is 5. The monoisotopic (exact) mass is 172 g/mol. The van der Waals surface area contributed by atoms with Crippen molar-refractivity contribution in [3.63, 3.8) is 0 Å². The van der Waals surface area contributed by atoms with Crippen molar-refractivity contribution in [1.29, 1.82) is 0 Å². The zero-order chi connectivity index (χ0) is 9.19. The lowest BCUT2D eigenvalue weighted by molar-refractivity contribution is 0.0187. The molecule has 2 nitrogen and oxygen atoms in total. The molecule has 1 rings (SSSR count). The van der Waals surface area contributed by atoms with Gasteiger partial charge in [0.15, 0.2) is 0 Å². The van der Waals surface area contributed by atoms with Crippen molar-refractivity contribution in [1.82, 2.24) is 0 Å². The summed E-state index contributed by atoms with van der Waals surface area (Å²) in [5.74, 6) is 0.737. The Morgan fingerprint density at radius 2 is 2.17 bits per heavy atom. The Labute approximate surface area is 74.9 Å². The highest BCUT2D eigenvalue weighted by Gasteiger charge is 2.40. The molecule has 2 heteroatoms. The third kappa shape index (κ3) is 3.11. The van der Waals surface area contributed by atoms with E-state index in [1.54, 1.807) is 0 Å². The molecular formula is C10H20O2. The predicted octanol–water partition coefficient (Wildman–Crippen LogP) is 1.96. The van der Waals surface area contributed by atoms with E-state index < -0.39 is 5.60 Å². The first-order valence-corrected chi connectivity index (χ1v) is 4.86. The van der Waals surface area contributed by atoms with Crippen molar-refractivity contribution >= 4 is 0 Å².